The zero-order chi connectivity index (χ0) is 7.73. The van der Waals surface area contributed by atoms with Gasteiger partial charge in [0.05, 0.1) is 13.2 Å². The van der Waals surface area contributed by atoms with E-state index in [2.05, 4.69) is 0 Å². The zero-order valence-corrected chi connectivity index (χ0v) is 6.71. The van der Waals surface area contributed by atoms with Crippen molar-refractivity contribution in [2.45, 2.75) is 25.0 Å². The Balaban J connectivity index is 1.96. The first-order valence-corrected chi connectivity index (χ1v) is 4.33. The molecule has 1 saturated heterocycles. The Morgan fingerprint density at radius 1 is 1.36 bits per heavy atom. The Morgan fingerprint density at radius 2 is 2.09 bits per heavy atom. The molecule has 11 heavy (non-hydrogen) atoms. The molecule has 2 N–H and O–H groups in total. The molecule has 1 heterocycles. The molecule has 0 aromatic rings. The lowest BCUT2D eigenvalue weighted by molar-refractivity contribution is -0.152. The maximum absolute atomic E-state index is 5.57. The summed E-state index contributed by atoms with van der Waals surface area (Å²) in [5.41, 5.74) is 5.57. The maximum atomic E-state index is 5.57. The molecule has 0 bridgehead atoms. The molecule has 2 aliphatic rings. The fraction of sp³-hybridized carbons (Fsp3) is 1.00. The molecule has 0 unspecified atom stereocenters. The second kappa shape index (κ2) is 2.73. The Hall–Kier alpha value is -0.120. The van der Waals surface area contributed by atoms with Gasteiger partial charge in [-0.15, -0.1) is 0 Å². The van der Waals surface area contributed by atoms with E-state index in [0.717, 1.165) is 39.0 Å². The largest absolute Gasteiger partial charge is 0.348 e. The summed E-state index contributed by atoms with van der Waals surface area (Å²) in [4.78, 5) is 0. The molecule has 0 aromatic carbocycles. The molecule has 0 radical (unpaired) electrons. The molecule has 1 atom stereocenters. The van der Waals surface area contributed by atoms with Gasteiger partial charge >= 0.3 is 0 Å². The monoisotopic (exact) mass is 157 g/mol. The van der Waals surface area contributed by atoms with Crippen molar-refractivity contribution in [3.63, 3.8) is 0 Å². The minimum Gasteiger partial charge on any atom is -0.348 e. The van der Waals surface area contributed by atoms with Crippen LogP contribution in [0, 0.1) is 5.92 Å². The van der Waals surface area contributed by atoms with Crippen LogP contribution in [-0.4, -0.2) is 25.5 Å². The fourth-order valence-corrected chi connectivity index (χ4v) is 2.03. The minimum atomic E-state index is -0.218. The smallest absolute Gasteiger partial charge is 0.168 e. The van der Waals surface area contributed by atoms with E-state index in [1.807, 2.05) is 0 Å². The Labute approximate surface area is 66.8 Å². The number of hydrogen-bond acceptors (Lipinski definition) is 3. The molecule has 0 amide bonds. The Bertz CT molecular complexity index is 143. The van der Waals surface area contributed by atoms with Gasteiger partial charge in [0.25, 0.3) is 0 Å². The predicted molar refractivity (Wildman–Crippen MR) is 41.0 cm³/mol. The third kappa shape index (κ3) is 1.28. The standard InChI is InChI=1S/C8H15NO2/c9-6-7-1-2-8(5-7)10-3-4-11-8/h7H,1-6,9H2/t7-/m0/s1. The van der Waals surface area contributed by atoms with Gasteiger partial charge in [-0.2, -0.15) is 0 Å². The molecule has 3 heteroatoms. The second-order valence-corrected chi connectivity index (χ2v) is 3.45. The van der Waals surface area contributed by atoms with Crippen LogP contribution in [0.4, 0.5) is 0 Å². The zero-order valence-electron chi connectivity index (χ0n) is 6.71. The molecule has 0 aromatic heterocycles. The van der Waals surface area contributed by atoms with Crippen molar-refractivity contribution in [3.05, 3.63) is 0 Å². The van der Waals surface area contributed by atoms with Crippen LogP contribution in [0.3, 0.4) is 0 Å². The van der Waals surface area contributed by atoms with E-state index in [4.69, 9.17) is 15.2 Å². The third-order valence-electron chi connectivity index (χ3n) is 2.68. The molecule has 1 aliphatic carbocycles. The van der Waals surface area contributed by atoms with Crippen molar-refractivity contribution in [1.29, 1.82) is 0 Å². The molecule has 1 aliphatic heterocycles. The summed E-state index contributed by atoms with van der Waals surface area (Å²) in [6.07, 6.45) is 3.20. The highest BCUT2D eigenvalue weighted by Gasteiger charge is 2.43. The maximum Gasteiger partial charge on any atom is 0.168 e. The molecule has 3 nitrogen and oxygen atoms in total. The van der Waals surface area contributed by atoms with Crippen molar-refractivity contribution in [3.8, 4) is 0 Å². The van der Waals surface area contributed by atoms with E-state index in [-0.39, 0.29) is 5.79 Å². The second-order valence-electron chi connectivity index (χ2n) is 3.45. The van der Waals surface area contributed by atoms with Crippen LogP contribution in [0.15, 0.2) is 0 Å². The average molecular weight is 157 g/mol. The van der Waals surface area contributed by atoms with Gasteiger partial charge in [0.15, 0.2) is 5.79 Å². The van der Waals surface area contributed by atoms with Crippen molar-refractivity contribution >= 4 is 0 Å². The van der Waals surface area contributed by atoms with E-state index < -0.39 is 0 Å². The van der Waals surface area contributed by atoms with E-state index in [1.54, 1.807) is 0 Å². The molecule has 64 valence electrons. The van der Waals surface area contributed by atoms with Crippen LogP contribution < -0.4 is 5.73 Å². The van der Waals surface area contributed by atoms with Crippen molar-refractivity contribution in [2.75, 3.05) is 19.8 Å². The van der Waals surface area contributed by atoms with E-state index in [9.17, 15) is 0 Å². The van der Waals surface area contributed by atoms with Gasteiger partial charge in [-0.25, -0.2) is 0 Å². The number of ether oxygens (including phenoxy) is 2. The van der Waals surface area contributed by atoms with Crippen molar-refractivity contribution < 1.29 is 9.47 Å². The summed E-state index contributed by atoms with van der Waals surface area (Å²) in [6.45, 7) is 2.29. The van der Waals surface area contributed by atoms with Gasteiger partial charge in [-0.3, -0.25) is 0 Å². The lowest BCUT2D eigenvalue weighted by Crippen LogP contribution is -2.27. The van der Waals surface area contributed by atoms with Crippen LogP contribution in [0.5, 0.6) is 0 Å². The highest BCUT2D eigenvalue weighted by atomic mass is 16.7. The van der Waals surface area contributed by atoms with Crippen LogP contribution in [0.25, 0.3) is 0 Å². The first kappa shape index (κ1) is 7.53. The van der Waals surface area contributed by atoms with E-state index in [0.29, 0.717) is 5.92 Å². The van der Waals surface area contributed by atoms with Gasteiger partial charge in [-0.05, 0) is 18.9 Å². The van der Waals surface area contributed by atoms with Gasteiger partial charge in [0, 0.05) is 12.8 Å². The van der Waals surface area contributed by atoms with Crippen molar-refractivity contribution in [1.82, 2.24) is 0 Å². The first-order valence-electron chi connectivity index (χ1n) is 4.33. The summed E-state index contributed by atoms with van der Waals surface area (Å²) in [5, 5.41) is 0. The number of rotatable bonds is 1. The lowest BCUT2D eigenvalue weighted by Gasteiger charge is -2.21. The van der Waals surface area contributed by atoms with Crippen LogP contribution in [-0.2, 0) is 9.47 Å². The molecule has 1 spiro atoms. The summed E-state index contributed by atoms with van der Waals surface area (Å²) < 4.78 is 11.1. The topological polar surface area (TPSA) is 44.5 Å². The van der Waals surface area contributed by atoms with E-state index >= 15 is 0 Å². The number of hydrogen-bond donors (Lipinski definition) is 1. The summed E-state index contributed by atoms with van der Waals surface area (Å²) >= 11 is 0. The summed E-state index contributed by atoms with van der Waals surface area (Å²) in [5.74, 6) is 0.400. The van der Waals surface area contributed by atoms with Gasteiger partial charge in [0.2, 0.25) is 0 Å². The highest BCUT2D eigenvalue weighted by Crippen LogP contribution is 2.40. The van der Waals surface area contributed by atoms with Crippen LogP contribution in [0.2, 0.25) is 0 Å². The van der Waals surface area contributed by atoms with Gasteiger partial charge in [-0.1, -0.05) is 0 Å². The fourth-order valence-electron chi connectivity index (χ4n) is 2.03. The van der Waals surface area contributed by atoms with Crippen LogP contribution >= 0.6 is 0 Å². The van der Waals surface area contributed by atoms with Gasteiger partial charge in [0.1, 0.15) is 0 Å². The third-order valence-corrected chi connectivity index (χ3v) is 2.68. The normalized spacial score (nSPS) is 35.2. The summed E-state index contributed by atoms with van der Waals surface area (Å²) in [7, 11) is 0. The molecular formula is C8H15NO2. The van der Waals surface area contributed by atoms with E-state index in [1.165, 1.54) is 0 Å². The molecule has 2 fully saturated rings. The Kier molecular flexibility index (Phi) is 1.87. The van der Waals surface area contributed by atoms with Gasteiger partial charge < -0.3 is 15.2 Å². The average Bonchev–Trinajstić information content (AvgIpc) is 2.62. The SMILES string of the molecule is NC[C@H]1CCC2(C1)OCCO2. The lowest BCUT2D eigenvalue weighted by atomic mass is 10.1. The summed E-state index contributed by atoms with van der Waals surface area (Å²) in [6, 6.07) is 0. The quantitative estimate of drug-likeness (QED) is 0.602. The number of nitrogens with two attached hydrogens (primary N) is 1. The highest BCUT2D eigenvalue weighted by molar-refractivity contribution is 4.86. The van der Waals surface area contributed by atoms with Crippen molar-refractivity contribution in [2.24, 2.45) is 11.7 Å². The molecule has 2 rings (SSSR count). The first-order chi connectivity index (χ1) is 5.35. The molecule has 1 saturated carbocycles. The molecular weight excluding hydrogens is 142 g/mol. The Morgan fingerprint density at radius 3 is 2.64 bits per heavy atom. The predicted octanol–water partition coefficient (Wildman–Crippen LogP) is 0.488. The van der Waals surface area contributed by atoms with Crippen LogP contribution in [0.1, 0.15) is 19.3 Å². The minimum absolute atomic E-state index is 0.218.